The number of fused-ring (bicyclic) bond motifs is 2. The normalized spacial score (nSPS) is 34.5. The Balaban J connectivity index is 2.29. The van der Waals surface area contributed by atoms with Crippen LogP contribution in [0.3, 0.4) is 0 Å². The van der Waals surface area contributed by atoms with E-state index in [2.05, 4.69) is 0 Å². The van der Waals surface area contributed by atoms with E-state index in [9.17, 15) is 9.59 Å². The second kappa shape index (κ2) is 3.89. The number of ether oxygens (including phenoxy) is 1. The standard InChI is InChI=1S/C12H16O3/c1-3-7-5-9-10(15-4-2)6-8(7)11(13)12(9)14/h5,8-10H,3-4,6H2,1-2H3/t8-,9-,10+/m1/s1. The lowest BCUT2D eigenvalue weighted by Crippen LogP contribution is -2.48. The van der Waals surface area contributed by atoms with Crippen molar-refractivity contribution in [1.29, 1.82) is 0 Å². The van der Waals surface area contributed by atoms with Crippen LogP contribution in [0.15, 0.2) is 11.6 Å². The Kier molecular flexibility index (Phi) is 2.74. The van der Waals surface area contributed by atoms with E-state index >= 15 is 0 Å². The van der Waals surface area contributed by atoms with Crippen LogP contribution in [0.1, 0.15) is 26.7 Å². The number of hydrogen-bond donors (Lipinski definition) is 0. The molecule has 3 aliphatic rings. The zero-order valence-corrected chi connectivity index (χ0v) is 9.16. The Morgan fingerprint density at radius 1 is 1.33 bits per heavy atom. The summed E-state index contributed by atoms with van der Waals surface area (Å²) in [7, 11) is 0. The molecular weight excluding hydrogens is 192 g/mol. The molecule has 0 saturated heterocycles. The first-order valence-electron chi connectivity index (χ1n) is 5.59. The maximum Gasteiger partial charge on any atom is 0.208 e. The van der Waals surface area contributed by atoms with Gasteiger partial charge in [-0.2, -0.15) is 0 Å². The molecule has 0 spiro atoms. The molecule has 3 nitrogen and oxygen atoms in total. The fraction of sp³-hybridized carbons (Fsp3) is 0.667. The molecule has 3 rings (SSSR count). The molecule has 2 bridgehead atoms. The van der Waals surface area contributed by atoms with E-state index in [0.29, 0.717) is 13.0 Å². The van der Waals surface area contributed by atoms with E-state index in [4.69, 9.17) is 4.74 Å². The van der Waals surface area contributed by atoms with Crippen LogP contribution in [0.5, 0.6) is 0 Å². The number of rotatable bonds is 3. The quantitative estimate of drug-likeness (QED) is 0.521. The molecular formula is C12H16O3. The lowest BCUT2D eigenvalue weighted by molar-refractivity contribution is -0.148. The number of Topliss-reactive ketones (excluding diaryl/α,β-unsaturated/α-hetero) is 2. The zero-order valence-electron chi connectivity index (χ0n) is 9.16. The van der Waals surface area contributed by atoms with Crippen molar-refractivity contribution in [2.45, 2.75) is 32.8 Å². The van der Waals surface area contributed by atoms with Gasteiger partial charge in [-0.3, -0.25) is 9.59 Å². The highest BCUT2D eigenvalue weighted by atomic mass is 16.5. The predicted octanol–water partition coefficient (Wildman–Crippen LogP) is 1.52. The van der Waals surface area contributed by atoms with Gasteiger partial charge >= 0.3 is 0 Å². The average Bonchev–Trinajstić information content (AvgIpc) is 2.25. The van der Waals surface area contributed by atoms with Crippen molar-refractivity contribution in [2.75, 3.05) is 6.61 Å². The van der Waals surface area contributed by atoms with Crippen LogP contribution in [0, 0.1) is 11.8 Å². The fourth-order valence-electron chi connectivity index (χ4n) is 2.59. The van der Waals surface area contributed by atoms with Crippen molar-refractivity contribution in [3.8, 4) is 0 Å². The van der Waals surface area contributed by atoms with E-state index in [1.54, 1.807) is 0 Å². The molecule has 0 aromatic heterocycles. The van der Waals surface area contributed by atoms with Gasteiger partial charge in [0.2, 0.25) is 11.6 Å². The molecule has 0 radical (unpaired) electrons. The first kappa shape index (κ1) is 10.6. The number of hydrogen-bond acceptors (Lipinski definition) is 3. The SMILES string of the molecule is CCO[C@H]1C[C@H]2C(=O)C(=O)[C@@H]1C=C2CC. The second-order valence-electron chi connectivity index (χ2n) is 4.13. The van der Waals surface area contributed by atoms with Crippen LogP contribution in [0.25, 0.3) is 0 Å². The minimum absolute atomic E-state index is 0.0690. The van der Waals surface area contributed by atoms with Crippen LogP contribution >= 0.6 is 0 Å². The largest absolute Gasteiger partial charge is 0.377 e. The molecule has 0 unspecified atom stereocenters. The molecule has 0 aliphatic heterocycles. The fourth-order valence-corrected chi connectivity index (χ4v) is 2.59. The van der Waals surface area contributed by atoms with Gasteiger partial charge in [-0.25, -0.2) is 0 Å². The molecule has 0 N–H and O–H groups in total. The van der Waals surface area contributed by atoms with Crippen molar-refractivity contribution in [1.82, 2.24) is 0 Å². The lowest BCUT2D eigenvalue weighted by Gasteiger charge is -2.38. The van der Waals surface area contributed by atoms with Gasteiger partial charge in [-0.1, -0.05) is 18.6 Å². The first-order valence-corrected chi connectivity index (χ1v) is 5.59. The summed E-state index contributed by atoms with van der Waals surface area (Å²) < 4.78 is 5.51. The van der Waals surface area contributed by atoms with Gasteiger partial charge in [0.15, 0.2) is 0 Å². The monoisotopic (exact) mass is 208 g/mol. The molecule has 3 atom stereocenters. The van der Waals surface area contributed by atoms with Gasteiger partial charge in [-0.15, -0.1) is 0 Å². The van der Waals surface area contributed by atoms with Gasteiger partial charge in [-0.05, 0) is 19.8 Å². The third-order valence-corrected chi connectivity index (χ3v) is 3.36. The topological polar surface area (TPSA) is 43.4 Å². The molecule has 3 heteroatoms. The maximum atomic E-state index is 11.7. The lowest BCUT2D eigenvalue weighted by atomic mass is 9.67. The van der Waals surface area contributed by atoms with E-state index in [0.717, 1.165) is 12.0 Å². The Labute approximate surface area is 89.5 Å². The first-order chi connectivity index (χ1) is 7.19. The van der Waals surface area contributed by atoms with Gasteiger partial charge < -0.3 is 4.74 Å². The van der Waals surface area contributed by atoms with Crippen LogP contribution in [-0.2, 0) is 14.3 Å². The summed E-state index contributed by atoms with van der Waals surface area (Å²) in [5.74, 6) is -0.946. The number of allylic oxidation sites excluding steroid dienone is 1. The van der Waals surface area contributed by atoms with E-state index in [-0.39, 0.29) is 29.5 Å². The summed E-state index contributed by atoms with van der Waals surface area (Å²) in [6.07, 6.45) is 3.44. The molecule has 82 valence electrons. The second-order valence-corrected chi connectivity index (χ2v) is 4.13. The van der Waals surface area contributed by atoms with Crippen molar-refractivity contribution in [3.63, 3.8) is 0 Å². The van der Waals surface area contributed by atoms with Crippen LogP contribution in [0.4, 0.5) is 0 Å². The molecule has 0 aromatic rings. The molecule has 0 aromatic carbocycles. The Morgan fingerprint density at radius 3 is 2.67 bits per heavy atom. The summed E-state index contributed by atoms with van der Waals surface area (Å²) in [6.45, 7) is 4.55. The minimum atomic E-state index is -0.308. The van der Waals surface area contributed by atoms with Gasteiger partial charge in [0.1, 0.15) is 0 Å². The van der Waals surface area contributed by atoms with E-state index in [1.165, 1.54) is 0 Å². The smallest absolute Gasteiger partial charge is 0.208 e. The zero-order chi connectivity index (χ0) is 11.0. The van der Waals surface area contributed by atoms with Crippen LogP contribution in [0.2, 0.25) is 0 Å². The molecule has 0 amide bonds. The highest BCUT2D eigenvalue weighted by Crippen LogP contribution is 2.39. The number of carbonyl (C=O) groups is 2. The number of carbonyl (C=O) groups excluding carboxylic acids is 2. The summed E-state index contributed by atoms with van der Waals surface area (Å²) in [6, 6.07) is 0. The molecule has 15 heavy (non-hydrogen) atoms. The summed E-state index contributed by atoms with van der Waals surface area (Å²) >= 11 is 0. The average molecular weight is 208 g/mol. The van der Waals surface area contributed by atoms with Gasteiger partial charge in [0.25, 0.3) is 0 Å². The van der Waals surface area contributed by atoms with Crippen molar-refractivity contribution >= 4 is 11.6 Å². The van der Waals surface area contributed by atoms with Crippen molar-refractivity contribution in [2.24, 2.45) is 11.8 Å². The van der Waals surface area contributed by atoms with Crippen LogP contribution < -0.4 is 0 Å². The Bertz CT molecular complexity index is 330. The van der Waals surface area contributed by atoms with E-state index < -0.39 is 0 Å². The predicted molar refractivity (Wildman–Crippen MR) is 55.4 cm³/mol. The summed E-state index contributed by atoms with van der Waals surface area (Å²) in [4.78, 5) is 23.3. The third kappa shape index (κ3) is 1.55. The maximum absolute atomic E-state index is 11.7. The highest BCUT2D eigenvalue weighted by Gasteiger charge is 2.47. The highest BCUT2D eigenvalue weighted by molar-refractivity contribution is 6.41. The van der Waals surface area contributed by atoms with Crippen molar-refractivity contribution in [3.05, 3.63) is 11.6 Å². The minimum Gasteiger partial charge on any atom is -0.377 e. The molecule has 1 fully saturated rings. The van der Waals surface area contributed by atoms with Crippen LogP contribution in [-0.4, -0.2) is 24.3 Å². The van der Waals surface area contributed by atoms with Gasteiger partial charge in [0.05, 0.1) is 12.0 Å². The molecule has 3 aliphatic carbocycles. The Morgan fingerprint density at radius 2 is 2.07 bits per heavy atom. The molecule has 1 saturated carbocycles. The summed E-state index contributed by atoms with van der Waals surface area (Å²) in [5.41, 5.74) is 1.13. The third-order valence-electron chi connectivity index (χ3n) is 3.36. The van der Waals surface area contributed by atoms with Gasteiger partial charge in [0, 0.05) is 12.5 Å². The Hall–Kier alpha value is -0.960. The summed E-state index contributed by atoms with van der Waals surface area (Å²) in [5, 5.41) is 0. The molecule has 0 heterocycles. The number of ketones is 2. The van der Waals surface area contributed by atoms with Crippen molar-refractivity contribution < 1.29 is 14.3 Å². The van der Waals surface area contributed by atoms with E-state index in [1.807, 2.05) is 19.9 Å².